The molecule has 0 spiro atoms. The van der Waals surface area contributed by atoms with Crippen molar-refractivity contribution in [2.45, 2.75) is 25.0 Å². The Kier molecular flexibility index (Phi) is 6.81. The molecule has 2 rings (SSSR count). The van der Waals surface area contributed by atoms with E-state index in [0.717, 1.165) is 0 Å². The summed E-state index contributed by atoms with van der Waals surface area (Å²) in [5, 5.41) is 27.0. The predicted octanol–water partition coefficient (Wildman–Crippen LogP) is 0.200. The quantitative estimate of drug-likeness (QED) is 0.353. The number of hydrogen-bond donors (Lipinski definition) is 6. The Balaban J connectivity index is 1.88. The second kappa shape index (κ2) is 9.06. The zero-order valence-corrected chi connectivity index (χ0v) is 14.5. The van der Waals surface area contributed by atoms with Crippen LogP contribution in [0.5, 0.6) is 5.75 Å². The molecule has 0 saturated carbocycles. The number of nitrogens with one attached hydrogen (secondary N) is 2. The summed E-state index contributed by atoms with van der Waals surface area (Å²) in [5.74, 6) is -0.369. The fourth-order valence-corrected chi connectivity index (χ4v) is 2.17. The number of aromatic nitrogens is 2. The van der Waals surface area contributed by atoms with E-state index in [9.17, 15) is 19.8 Å². The van der Waals surface area contributed by atoms with Crippen LogP contribution < -0.4 is 16.4 Å². The highest BCUT2D eigenvalue weighted by molar-refractivity contribution is 7.80. The van der Waals surface area contributed by atoms with Crippen molar-refractivity contribution in [2.24, 2.45) is 5.73 Å². The van der Waals surface area contributed by atoms with Gasteiger partial charge in [0.05, 0.1) is 12.6 Å². The van der Waals surface area contributed by atoms with E-state index in [2.05, 4.69) is 33.4 Å². The van der Waals surface area contributed by atoms with Crippen molar-refractivity contribution < 1.29 is 24.3 Å². The second-order valence-electron chi connectivity index (χ2n) is 5.42. The van der Waals surface area contributed by atoms with Gasteiger partial charge in [0.15, 0.2) is 5.82 Å². The van der Waals surface area contributed by atoms with Gasteiger partial charge in [-0.2, -0.15) is 17.6 Å². The summed E-state index contributed by atoms with van der Waals surface area (Å²) in [7, 11) is 0. The third kappa shape index (κ3) is 5.63. The van der Waals surface area contributed by atoms with Crippen molar-refractivity contribution >= 4 is 24.6 Å². The van der Waals surface area contributed by atoms with Crippen LogP contribution in [0.3, 0.4) is 0 Å². The molecule has 1 aromatic carbocycles. The third-order valence-electron chi connectivity index (χ3n) is 3.39. The molecule has 10 nitrogen and oxygen atoms in total. The molecule has 1 aromatic heterocycles. The second-order valence-corrected chi connectivity index (χ2v) is 5.79. The minimum Gasteiger partial charge on any atom is -0.508 e. The minimum atomic E-state index is -1.19. The Morgan fingerprint density at radius 3 is 2.62 bits per heavy atom. The summed E-state index contributed by atoms with van der Waals surface area (Å²) in [6.07, 6.45) is 0.0601. The number of nitrogens with two attached hydrogens (primary N) is 1. The maximum Gasteiger partial charge on any atom is 0.326 e. The Hall–Kier alpha value is -2.79. The van der Waals surface area contributed by atoms with Gasteiger partial charge in [0.1, 0.15) is 11.8 Å². The molecule has 2 unspecified atom stereocenters. The first-order chi connectivity index (χ1) is 12.4. The van der Waals surface area contributed by atoms with Gasteiger partial charge in [-0.1, -0.05) is 17.3 Å². The molecule has 0 aliphatic carbocycles. The first-order valence-corrected chi connectivity index (χ1v) is 8.26. The molecule has 0 radical (unpaired) electrons. The van der Waals surface area contributed by atoms with Crippen LogP contribution in [0.25, 0.3) is 0 Å². The zero-order chi connectivity index (χ0) is 19.1. The Labute approximate surface area is 154 Å². The molecule has 0 aliphatic rings. The van der Waals surface area contributed by atoms with Crippen LogP contribution in [0.4, 0.5) is 4.79 Å². The first-order valence-electron chi connectivity index (χ1n) is 7.63. The lowest BCUT2D eigenvalue weighted by Gasteiger charge is -2.15. The zero-order valence-electron chi connectivity index (χ0n) is 13.6. The SMILES string of the molecule is NC(CS)c1noc(CNC(=O)NC(Cc2ccc(O)cc2)C(=O)O)n1. The summed E-state index contributed by atoms with van der Waals surface area (Å²) in [6, 6.07) is 3.72. The predicted molar refractivity (Wildman–Crippen MR) is 93.7 cm³/mol. The lowest BCUT2D eigenvalue weighted by molar-refractivity contribution is -0.139. The van der Waals surface area contributed by atoms with E-state index in [0.29, 0.717) is 11.3 Å². The molecule has 2 aromatic rings. The van der Waals surface area contributed by atoms with Gasteiger partial charge in [0.25, 0.3) is 0 Å². The van der Waals surface area contributed by atoms with Gasteiger partial charge >= 0.3 is 12.0 Å². The van der Waals surface area contributed by atoms with Gasteiger partial charge in [0, 0.05) is 12.2 Å². The summed E-state index contributed by atoms with van der Waals surface area (Å²) < 4.78 is 4.94. The van der Waals surface area contributed by atoms with Gasteiger partial charge in [-0.25, -0.2) is 9.59 Å². The lowest BCUT2D eigenvalue weighted by atomic mass is 10.1. The molecule has 0 bridgehead atoms. The van der Waals surface area contributed by atoms with Crippen LogP contribution in [0, 0.1) is 0 Å². The van der Waals surface area contributed by atoms with E-state index in [1.54, 1.807) is 12.1 Å². The largest absolute Gasteiger partial charge is 0.508 e. The molecule has 6 N–H and O–H groups in total. The van der Waals surface area contributed by atoms with Crippen molar-refractivity contribution in [3.05, 3.63) is 41.5 Å². The van der Waals surface area contributed by atoms with Crippen LogP contribution in [0.2, 0.25) is 0 Å². The van der Waals surface area contributed by atoms with E-state index in [4.69, 9.17) is 10.3 Å². The fourth-order valence-electron chi connectivity index (χ4n) is 2.01. The summed E-state index contributed by atoms with van der Waals surface area (Å²) in [4.78, 5) is 27.3. The number of carboxylic acids is 1. The number of benzene rings is 1. The monoisotopic (exact) mass is 381 g/mol. The fraction of sp³-hybridized carbons (Fsp3) is 0.333. The number of carboxylic acid groups (broad SMARTS) is 1. The smallest absolute Gasteiger partial charge is 0.326 e. The standard InChI is InChI=1S/C15H19N5O5S/c16-10(7-26)13-19-12(25-20-13)6-17-15(24)18-11(14(22)23)5-8-1-3-9(21)4-2-8/h1-4,10-11,21,26H,5-7,16H2,(H,22,23)(H2,17,18,24). The molecule has 0 saturated heterocycles. The van der Waals surface area contributed by atoms with Crippen LogP contribution in [0.15, 0.2) is 28.8 Å². The normalized spacial score (nSPS) is 13.0. The number of urea groups is 1. The number of hydrogen-bond acceptors (Lipinski definition) is 8. The number of nitrogens with zero attached hydrogens (tertiary/aromatic N) is 2. The van der Waals surface area contributed by atoms with Gasteiger partial charge in [-0.05, 0) is 17.7 Å². The summed E-state index contributed by atoms with van der Waals surface area (Å²) >= 11 is 4.03. The average molecular weight is 381 g/mol. The number of phenolic OH excluding ortho intramolecular Hbond substituents is 1. The number of phenols is 1. The molecular formula is C15H19N5O5S. The molecule has 140 valence electrons. The highest BCUT2D eigenvalue weighted by atomic mass is 32.1. The van der Waals surface area contributed by atoms with Gasteiger partial charge in [-0.15, -0.1) is 0 Å². The number of aromatic hydroxyl groups is 1. The van der Waals surface area contributed by atoms with Crippen molar-refractivity contribution in [3.8, 4) is 5.75 Å². The summed E-state index contributed by atoms with van der Waals surface area (Å²) in [6.45, 7) is -0.0797. The number of amides is 2. The highest BCUT2D eigenvalue weighted by Crippen LogP contribution is 2.11. The van der Waals surface area contributed by atoms with E-state index in [1.807, 2.05) is 0 Å². The Morgan fingerprint density at radius 1 is 1.31 bits per heavy atom. The van der Waals surface area contributed by atoms with Gasteiger partial charge in [-0.3, -0.25) is 0 Å². The molecule has 26 heavy (non-hydrogen) atoms. The number of aliphatic carboxylic acids is 1. The maximum absolute atomic E-state index is 11.9. The maximum atomic E-state index is 11.9. The molecule has 2 amide bonds. The van der Waals surface area contributed by atoms with Crippen LogP contribution in [-0.4, -0.2) is 44.1 Å². The average Bonchev–Trinajstić information content (AvgIpc) is 3.09. The lowest BCUT2D eigenvalue weighted by Crippen LogP contribution is -2.46. The molecule has 1 heterocycles. The number of rotatable bonds is 8. The molecular weight excluding hydrogens is 362 g/mol. The number of carbonyl (C=O) groups excluding carboxylic acids is 1. The first kappa shape index (κ1) is 19.5. The van der Waals surface area contributed by atoms with Gasteiger partial charge in [0.2, 0.25) is 5.89 Å². The van der Waals surface area contributed by atoms with Crippen molar-refractivity contribution in [1.29, 1.82) is 0 Å². The summed E-state index contributed by atoms with van der Waals surface area (Å²) in [5.41, 5.74) is 6.35. The number of carbonyl (C=O) groups is 2. The van der Waals surface area contributed by atoms with Crippen molar-refractivity contribution in [1.82, 2.24) is 20.8 Å². The minimum absolute atomic E-state index is 0.0601. The Morgan fingerprint density at radius 2 is 2.00 bits per heavy atom. The third-order valence-corrected chi connectivity index (χ3v) is 3.79. The van der Waals surface area contributed by atoms with E-state index in [1.165, 1.54) is 12.1 Å². The van der Waals surface area contributed by atoms with Crippen molar-refractivity contribution in [2.75, 3.05) is 5.75 Å². The molecule has 11 heteroatoms. The Bertz CT molecular complexity index is 751. The van der Waals surface area contributed by atoms with E-state index >= 15 is 0 Å². The molecule has 0 aliphatic heterocycles. The van der Waals surface area contributed by atoms with Crippen LogP contribution >= 0.6 is 12.6 Å². The van der Waals surface area contributed by atoms with E-state index in [-0.39, 0.29) is 30.4 Å². The van der Waals surface area contributed by atoms with Crippen LogP contribution in [-0.2, 0) is 17.8 Å². The van der Waals surface area contributed by atoms with Crippen molar-refractivity contribution in [3.63, 3.8) is 0 Å². The topological polar surface area (TPSA) is 164 Å². The number of thiol groups is 1. The van der Waals surface area contributed by atoms with E-state index < -0.39 is 24.1 Å². The molecule has 2 atom stereocenters. The van der Waals surface area contributed by atoms with Gasteiger partial charge < -0.3 is 31.1 Å². The highest BCUT2D eigenvalue weighted by Gasteiger charge is 2.21. The molecule has 0 fully saturated rings. The van der Waals surface area contributed by atoms with Crippen LogP contribution in [0.1, 0.15) is 23.3 Å².